The molecule has 1 aliphatic heterocycles. The van der Waals surface area contributed by atoms with Crippen LogP contribution in [0.3, 0.4) is 0 Å². The lowest BCUT2D eigenvalue weighted by molar-refractivity contribution is -0.127. The Morgan fingerprint density at radius 3 is 3.23 bits per heavy atom. The Hall–Kier alpha value is -0.650. The molecule has 3 N–H and O–H groups in total. The second-order valence-electron chi connectivity index (χ2n) is 3.30. The summed E-state index contributed by atoms with van der Waals surface area (Å²) in [4.78, 5) is 11.0. The molecule has 1 aliphatic rings. The number of carbonyl (C=O) groups is 1. The molecule has 0 aromatic carbocycles. The zero-order valence-electron chi connectivity index (χ0n) is 7.80. The van der Waals surface area contributed by atoms with Crippen molar-refractivity contribution in [3.63, 3.8) is 0 Å². The minimum atomic E-state index is -1.06. The van der Waals surface area contributed by atoms with Crippen LogP contribution in [-0.2, 0) is 9.53 Å². The van der Waals surface area contributed by atoms with Crippen LogP contribution >= 0.6 is 0 Å². The molecule has 0 spiro atoms. The van der Waals surface area contributed by atoms with Crippen LogP contribution in [0, 0.1) is 0 Å². The van der Waals surface area contributed by atoms with Crippen molar-refractivity contribution in [2.24, 2.45) is 0 Å². The van der Waals surface area contributed by atoms with Crippen molar-refractivity contribution in [3.05, 3.63) is 0 Å². The number of carbonyl (C=O) groups excluding carboxylic acids is 1. The zero-order chi connectivity index (χ0) is 9.73. The molecule has 0 bridgehead atoms. The number of hydrogen-bond acceptors (Lipinski definition) is 4. The summed E-state index contributed by atoms with van der Waals surface area (Å²) < 4.78 is 5.16. The standard InChI is InChI=1S/C8H16N2O3/c1-9-7(11)4-8(12)5-10-2-3-13-6-8/h10,12H,2-6H2,1H3,(H,9,11). The van der Waals surface area contributed by atoms with Crippen molar-refractivity contribution in [1.29, 1.82) is 0 Å². The summed E-state index contributed by atoms with van der Waals surface area (Å²) in [6.45, 7) is 1.92. The number of β-amino-alcohol motifs (C(OH)–C–C–N with tert-alkyl or cyclic N) is 1. The van der Waals surface area contributed by atoms with Crippen molar-refractivity contribution in [3.8, 4) is 0 Å². The van der Waals surface area contributed by atoms with Crippen LogP contribution in [-0.4, -0.2) is 50.0 Å². The van der Waals surface area contributed by atoms with Crippen LogP contribution in [0.25, 0.3) is 0 Å². The van der Waals surface area contributed by atoms with E-state index in [2.05, 4.69) is 10.6 Å². The van der Waals surface area contributed by atoms with Gasteiger partial charge in [0.1, 0.15) is 5.60 Å². The summed E-state index contributed by atoms with van der Waals surface area (Å²) in [5.74, 6) is -0.171. The summed E-state index contributed by atoms with van der Waals surface area (Å²) in [6, 6.07) is 0. The minimum absolute atomic E-state index is 0.0799. The second kappa shape index (κ2) is 4.55. The SMILES string of the molecule is CNC(=O)CC1(O)CNCCOC1. The van der Waals surface area contributed by atoms with Gasteiger partial charge in [0, 0.05) is 20.1 Å². The normalized spacial score (nSPS) is 29.4. The van der Waals surface area contributed by atoms with E-state index in [9.17, 15) is 9.90 Å². The molecule has 5 nitrogen and oxygen atoms in total. The molecule has 76 valence electrons. The van der Waals surface area contributed by atoms with Gasteiger partial charge in [0.05, 0.1) is 19.6 Å². The summed E-state index contributed by atoms with van der Waals surface area (Å²) >= 11 is 0. The van der Waals surface area contributed by atoms with Crippen molar-refractivity contribution >= 4 is 5.91 Å². The molecule has 1 atom stereocenters. The first-order valence-corrected chi connectivity index (χ1v) is 4.38. The maximum atomic E-state index is 11.0. The summed E-state index contributed by atoms with van der Waals surface area (Å²) in [7, 11) is 1.55. The van der Waals surface area contributed by atoms with Crippen LogP contribution in [0.1, 0.15) is 6.42 Å². The minimum Gasteiger partial charge on any atom is -0.386 e. The smallest absolute Gasteiger partial charge is 0.222 e. The van der Waals surface area contributed by atoms with E-state index in [1.165, 1.54) is 0 Å². The number of ether oxygens (including phenoxy) is 1. The number of aliphatic hydroxyl groups is 1. The highest BCUT2D eigenvalue weighted by Crippen LogP contribution is 2.11. The first kappa shape index (κ1) is 10.4. The molecule has 13 heavy (non-hydrogen) atoms. The van der Waals surface area contributed by atoms with Gasteiger partial charge in [0.25, 0.3) is 0 Å². The van der Waals surface area contributed by atoms with E-state index in [1.54, 1.807) is 7.05 Å². The number of nitrogens with one attached hydrogen (secondary N) is 2. The molecule has 1 fully saturated rings. The van der Waals surface area contributed by atoms with Crippen LogP contribution < -0.4 is 10.6 Å². The lowest BCUT2D eigenvalue weighted by atomic mass is 10.0. The fourth-order valence-corrected chi connectivity index (χ4v) is 1.28. The third kappa shape index (κ3) is 3.30. The zero-order valence-corrected chi connectivity index (χ0v) is 7.80. The predicted molar refractivity (Wildman–Crippen MR) is 47.3 cm³/mol. The Bertz CT molecular complexity index is 176. The van der Waals surface area contributed by atoms with E-state index < -0.39 is 5.60 Å². The molecule has 1 amide bonds. The van der Waals surface area contributed by atoms with Gasteiger partial charge >= 0.3 is 0 Å². The highest BCUT2D eigenvalue weighted by atomic mass is 16.5. The van der Waals surface area contributed by atoms with E-state index in [0.29, 0.717) is 13.2 Å². The van der Waals surface area contributed by atoms with Crippen LogP contribution in [0.2, 0.25) is 0 Å². The largest absolute Gasteiger partial charge is 0.386 e. The van der Waals surface area contributed by atoms with Crippen LogP contribution in [0.5, 0.6) is 0 Å². The lowest BCUT2D eigenvalue weighted by Gasteiger charge is -2.24. The van der Waals surface area contributed by atoms with Gasteiger partial charge in [0.15, 0.2) is 0 Å². The van der Waals surface area contributed by atoms with Gasteiger partial charge in [-0.25, -0.2) is 0 Å². The molecule has 0 radical (unpaired) electrons. The van der Waals surface area contributed by atoms with Gasteiger partial charge in [-0.1, -0.05) is 0 Å². The second-order valence-corrected chi connectivity index (χ2v) is 3.30. The van der Waals surface area contributed by atoms with Crippen molar-refractivity contribution < 1.29 is 14.6 Å². The Balaban J connectivity index is 2.46. The molecule has 0 aliphatic carbocycles. The molecule has 1 saturated heterocycles. The fraction of sp³-hybridized carbons (Fsp3) is 0.875. The highest BCUT2D eigenvalue weighted by molar-refractivity contribution is 5.76. The maximum absolute atomic E-state index is 11.0. The van der Waals surface area contributed by atoms with Crippen molar-refractivity contribution in [1.82, 2.24) is 10.6 Å². The third-order valence-electron chi connectivity index (χ3n) is 2.02. The molecule has 1 heterocycles. The lowest BCUT2D eigenvalue weighted by Crippen LogP contribution is -2.45. The molecule has 0 aromatic heterocycles. The Morgan fingerprint density at radius 2 is 2.54 bits per heavy atom. The topological polar surface area (TPSA) is 70.6 Å². The molecule has 1 rings (SSSR count). The average molecular weight is 188 g/mol. The van der Waals surface area contributed by atoms with Gasteiger partial charge in [-0.15, -0.1) is 0 Å². The van der Waals surface area contributed by atoms with E-state index in [4.69, 9.17) is 4.74 Å². The number of rotatable bonds is 2. The van der Waals surface area contributed by atoms with Gasteiger partial charge < -0.3 is 20.5 Å². The third-order valence-corrected chi connectivity index (χ3v) is 2.02. The summed E-state index contributed by atoms with van der Waals surface area (Å²) in [6.07, 6.45) is 0.0799. The molecule has 0 aromatic rings. The Kier molecular flexibility index (Phi) is 3.65. The Morgan fingerprint density at radius 1 is 1.77 bits per heavy atom. The monoisotopic (exact) mass is 188 g/mol. The van der Waals surface area contributed by atoms with E-state index >= 15 is 0 Å². The molecule has 5 heteroatoms. The van der Waals surface area contributed by atoms with Crippen molar-refractivity contribution in [2.75, 3.05) is 33.4 Å². The quantitative estimate of drug-likeness (QED) is 0.492. The predicted octanol–water partition coefficient (Wildman–Crippen LogP) is -1.53. The van der Waals surface area contributed by atoms with E-state index in [0.717, 1.165) is 6.54 Å². The van der Waals surface area contributed by atoms with Gasteiger partial charge in [-0.3, -0.25) is 4.79 Å². The Labute approximate surface area is 77.5 Å². The molecule has 0 saturated carbocycles. The number of hydrogen-bond donors (Lipinski definition) is 3. The van der Waals surface area contributed by atoms with Gasteiger partial charge in [0.2, 0.25) is 5.91 Å². The summed E-state index contributed by atoms with van der Waals surface area (Å²) in [5.41, 5.74) is -1.06. The molecular weight excluding hydrogens is 172 g/mol. The van der Waals surface area contributed by atoms with E-state index in [-0.39, 0.29) is 18.9 Å². The average Bonchev–Trinajstić information content (AvgIpc) is 2.30. The number of amides is 1. The molecule has 1 unspecified atom stereocenters. The van der Waals surface area contributed by atoms with E-state index in [1.807, 2.05) is 0 Å². The van der Waals surface area contributed by atoms with Crippen LogP contribution in [0.15, 0.2) is 0 Å². The van der Waals surface area contributed by atoms with Gasteiger partial charge in [-0.2, -0.15) is 0 Å². The first-order chi connectivity index (χ1) is 6.16. The fourth-order valence-electron chi connectivity index (χ4n) is 1.28. The van der Waals surface area contributed by atoms with Gasteiger partial charge in [-0.05, 0) is 0 Å². The van der Waals surface area contributed by atoms with Crippen LogP contribution in [0.4, 0.5) is 0 Å². The highest BCUT2D eigenvalue weighted by Gasteiger charge is 2.31. The first-order valence-electron chi connectivity index (χ1n) is 4.38. The molecular formula is C8H16N2O3. The summed E-state index contributed by atoms with van der Waals surface area (Å²) in [5, 5.41) is 15.4. The maximum Gasteiger partial charge on any atom is 0.222 e. The van der Waals surface area contributed by atoms with Crippen molar-refractivity contribution in [2.45, 2.75) is 12.0 Å².